The maximum atomic E-state index is 11.3. The van der Waals surface area contributed by atoms with Crippen LogP contribution in [-0.4, -0.2) is 68.6 Å². The highest BCUT2D eigenvalue weighted by Gasteiger charge is 2.24. The molecule has 3 rings (SSSR count). The van der Waals surface area contributed by atoms with Gasteiger partial charge in [0.05, 0.1) is 19.0 Å². The minimum Gasteiger partial charge on any atom is -0.476 e. The molecule has 3 heterocycles. The second kappa shape index (κ2) is 7.60. The molecule has 0 radical (unpaired) electrons. The zero-order chi connectivity index (χ0) is 17.0. The SMILES string of the molecule is NS(=O)(=O)N1CCN(c2cnc(OCC3CCNCC3)cn2)CC1. The molecule has 2 aliphatic rings. The monoisotopic (exact) mass is 356 g/mol. The lowest BCUT2D eigenvalue weighted by Gasteiger charge is -2.33. The number of rotatable bonds is 5. The van der Waals surface area contributed by atoms with Gasteiger partial charge in [0.15, 0.2) is 0 Å². The zero-order valence-electron chi connectivity index (χ0n) is 13.6. The number of anilines is 1. The van der Waals surface area contributed by atoms with Gasteiger partial charge in [0.2, 0.25) is 5.88 Å². The van der Waals surface area contributed by atoms with E-state index in [0.717, 1.165) is 31.7 Å². The minimum atomic E-state index is -3.61. The first kappa shape index (κ1) is 17.3. The zero-order valence-corrected chi connectivity index (χ0v) is 14.4. The van der Waals surface area contributed by atoms with Crippen molar-refractivity contribution in [2.45, 2.75) is 12.8 Å². The molecule has 0 bridgehead atoms. The van der Waals surface area contributed by atoms with Crippen molar-refractivity contribution in [3.05, 3.63) is 12.4 Å². The number of aromatic nitrogens is 2. The fraction of sp³-hybridized carbons (Fsp3) is 0.714. The Kier molecular flexibility index (Phi) is 5.49. The van der Waals surface area contributed by atoms with E-state index in [1.807, 2.05) is 4.90 Å². The molecule has 3 N–H and O–H groups in total. The smallest absolute Gasteiger partial charge is 0.277 e. The summed E-state index contributed by atoms with van der Waals surface area (Å²) in [4.78, 5) is 10.7. The molecule has 0 amide bonds. The van der Waals surface area contributed by atoms with E-state index < -0.39 is 10.2 Å². The van der Waals surface area contributed by atoms with E-state index in [1.54, 1.807) is 12.4 Å². The van der Waals surface area contributed by atoms with Gasteiger partial charge in [0.25, 0.3) is 10.2 Å². The van der Waals surface area contributed by atoms with Gasteiger partial charge >= 0.3 is 0 Å². The van der Waals surface area contributed by atoms with Crippen LogP contribution in [-0.2, 0) is 10.2 Å². The largest absolute Gasteiger partial charge is 0.476 e. The molecule has 2 aliphatic heterocycles. The van der Waals surface area contributed by atoms with Gasteiger partial charge in [-0.25, -0.2) is 15.1 Å². The lowest BCUT2D eigenvalue weighted by molar-refractivity contribution is 0.208. The fourth-order valence-corrected chi connectivity index (χ4v) is 3.64. The second-order valence-corrected chi connectivity index (χ2v) is 7.69. The van der Waals surface area contributed by atoms with E-state index in [4.69, 9.17) is 9.88 Å². The third-order valence-corrected chi connectivity index (χ3v) is 5.55. The van der Waals surface area contributed by atoms with E-state index in [1.165, 1.54) is 4.31 Å². The number of piperazine rings is 1. The summed E-state index contributed by atoms with van der Waals surface area (Å²) >= 11 is 0. The van der Waals surface area contributed by atoms with Crippen LogP contribution in [0.25, 0.3) is 0 Å². The lowest BCUT2D eigenvalue weighted by atomic mass is 9.99. The van der Waals surface area contributed by atoms with Crippen molar-refractivity contribution in [1.82, 2.24) is 19.6 Å². The Morgan fingerprint density at radius 3 is 2.46 bits per heavy atom. The van der Waals surface area contributed by atoms with Gasteiger partial charge in [-0.15, -0.1) is 0 Å². The summed E-state index contributed by atoms with van der Waals surface area (Å²) in [5.41, 5.74) is 0. The number of nitrogens with one attached hydrogen (secondary N) is 1. The van der Waals surface area contributed by atoms with Gasteiger partial charge in [-0.2, -0.15) is 12.7 Å². The van der Waals surface area contributed by atoms with E-state index in [2.05, 4.69) is 15.3 Å². The average Bonchev–Trinajstić information content (AvgIpc) is 2.61. The summed E-state index contributed by atoms with van der Waals surface area (Å²) < 4.78 is 29.6. The van der Waals surface area contributed by atoms with Crippen LogP contribution in [0.15, 0.2) is 12.4 Å². The van der Waals surface area contributed by atoms with Crippen LogP contribution < -0.4 is 20.1 Å². The van der Waals surface area contributed by atoms with Gasteiger partial charge in [-0.05, 0) is 31.8 Å². The summed E-state index contributed by atoms with van der Waals surface area (Å²) in [6.45, 7) is 4.55. The first-order valence-corrected chi connectivity index (χ1v) is 9.71. The number of hydrogen-bond acceptors (Lipinski definition) is 7. The molecule has 0 atom stereocenters. The topological polar surface area (TPSA) is 114 Å². The van der Waals surface area contributed by atoms with E-state index in [9.17, 15) is 8.42 Å². The van der Waals surface area contributed by atoms with Gasteiger partial charge in [-0.1, -0.05) is 0 Å². The maximum Gasteiger partial charge on any atom is 0.277 e. The average molecular weight is 356 g/mol. The molecule has 2 fully saturated rings. The molecular weight excluding hydrogens is 332 g/mol. The standard InChI is InChI=1S/C14H24N6O3S/c15-24(21,22)20-7-5-19(6-8-20)13-9-18-14(10-17-13)23-11-12-1-3-16-4-2-12/h9-10,12,16H,1-8,11H2,(H2,15,21,22). The molecule has 1 aromatic rings. The molecule has 0 aromatic carbocycles. The Labute approximate surface area is 142 Å². The molecule has 0 saturated carbocycles. The molecule has 0 aliphatic carbocycles. The highest BCUT2D eigenvalue weighted by Crippen LogP contribution is 2.17. The molecule has 24 heavy (non-hydrogen) atoms. The predicted octanol–water partition coefficient (Wildman–Crippen LogP) is -0.819. The molecule has 0 spiro atoms. The minimum absolute atomic E-state index is 0.356. The lowest BCUT2D eigenvalue weighted by Crippen LogP contribution is -2.50. The Hall–Kier alpha value is -1.49. The molecular formula is C14H24N6O3S. The highest BCUT2D eigenvalue weighted by molar-refractivity contribution is 7.86. The summed E-state index contributed by atoms with van der Waals surface area (Å²) in [6.07, 6.45) is 5.55. The highest BCUT2D eigenvalue weighted by atomic mass is 32.2. The molecule has 134 valence electrons. The van der Waals surface area contributed by atoms with Crippen LogP contribution in [0, 0.1) is 5.92 Å². The van der Waals surface area contributed by atoms with Crippen LogP contribution in [0.3, 0.4) is 0 Å². The van der Waals surface area contributed by atoms with Crippen molar-refractivity contribution in [2.75, 3.05) is 50.8 Å². The predicted molar refractivity (Wildman–Crippen MR) is 90.0 cm³/mol. The Bertz CT molecular complexity index is 624. The number of hydrogen-bond donors (Lipinski definition) is 2. The Balaban J connectivity index is 1.49. The Morgan fingerprint density at radius 1 is 1.17 bits per heavy atom. The van der Waals surface area contributed by atoms with Gasteiger partial charge < -0.3 is 15.0 Å². The number of piperidine rings is 1. The second-order valence-electron chi connectivity index (χ2n) is 6.15. The van der Waals surface area contributed by atoms with Crippen LogP contribution in [0.5, 0.6) is 5.88 Å². The number of nitrogens with two attached hydrogens (primary N) is 1. The van der Waals surface area contributed by atoms with Gasteiger partial charge in [0.1, 0.15) is 5.82 Å². The third-order valence-electron chi connectivity index (χ3n) is 4.46. The van der Waals surface area contributed by atoms with Crippen molar-refractivity contribution in [2.24, 2.45) is 11.1 Å². The molecule has 1 aromatic heterocycles. The Morgan fingerprint density at radius 2 is 1.88 bits per heavy atom. The number of nitrogens with zero attached hydrogens (tertiary/aromatic N) is 4. The van der Waals surface area contributed by atoms with E-state index in [-0.39, 0.29) is 0 Å². The molecule has 2 saturated heterocycles. The first-order valence-electron chi connectivity index (χ1n) is 8.21. The van der Waals surface area contributed by atoms with Crippen LogP contribution in [0.4, 0.5) is 5.82 Å². The van der Waals surface area contributed by atoms with E-state index >= 15 is 0 Å². The summed E-state index contributed by atoms with van der Waals surface area (Å²) in [5, 5.41) is 8.47. The van der Waals surface area contributed by atoms with Crippen molar-refractivity contribution in [3.8, 4) is 5.88 Å². The van der Waals surface area contributed by atoms with Crippen molar-refractivity contribution >= 4 is 16.0 Å². The third kappa shape index (κ3) is 4.53. The van der Waals surface area contributed by atoms with Crippen molar-refractivity contribution in [1.29, 1.82) is 0 Å². The molecule has 10 heteroatoms. The quantitative estimate of drug-likeness (QED) is 0.708. The summed E-state index contributed by atoms with van der Waals surface area (Å²) in [7, 11) is -3.61. The number of ether oxygens (including phenoxy) is 1. The normalized spacial score (nSPS) is 21.0. The van der Waals surface area contributed by atoms with Crippen molar-refractivity contribution in [3.63, 3.8) is 0 Å². The van der Waals surface area contributed by atoms with Crippen LogP contribution in [0.1, 0.15) is 12.8 Å². The molecule has 0 unspecified atom stereocenters. The van der Waals surface area contributed by atoms with Gasteiger partial charge in [-0.3, -0.25) is 0 Å². The summed E-state index contributed by atoms with van der Waals surface area (Å²) in [6, 6.07) is 0. The van der Waals surface area contributed by atoms with E-state index in [0.29, 0.717) is 44.6 Å². The first-order chi connectivity index (χ1) is 11.5. The van der Waals surface area contributed by atoms with Crippen molar-refractivity contribution < 1.29 is 13.2 Å². The summed E-state index contributed by atoms with van der Waals surface area (Å²) in [5.74, 6) is 1.82. The van der Waals surface area contributed by atoms with Crippen LogP contribution >= 0.6 is 0 Å². The van der Waals surface area contributed by atoms with Gasteiger partial charge in [0, 0.05) is 26.2 Å². The van der Waals surface area contributed by atoms with Crippen LogP contribution in [0.2, 0.25) is 0 Å². The maximum absolute atomic E-state index is 11.3. The fourth-order valence-electron chi connectivity index (χ4n) is 2.97. The molecule has 9 nitrogen and oxygen atoms in total.